The molecule has 1 aromatic heterocycles. The van der Waals surface area contributed by atoms with Crippen molar-refractivity contribution in [2.24, 2.45) is 5.41 Å². The fraction of sp³-hybridized carbons (Fsp3) is 0.667. The number of hydrogen-bond donors (Lipinski definition) is 0. The number of amides is 1. The molecule has 0 aromatic carbocycles. The highest BCUT2D eigenvalue weighted by Gasteiger charge is 2.50. The summed E-state index contributed by atoms with van der Waals surface area (Å²) in [6.07, 6.45) is 11.5. The van der Waals surface area contributed by atoms with Crippen molar-refractivity contribution in [3.63, 3.8) is 0 Å². The van der Waals surface area contributed by atoms with Gasteiger partial charge in [0.25, 0.3) is 0 Å². The summed E-state index contributed by atoms with van der Waals surface area (Å²) in [6, 6.07) is 0.250. The number of rotatable bonds is 3. The smallest absolute Gasteiger partial charge is 0.242 e. The molecule has 130 valence electrons. The van der Waals surface area contributed by atoms with Crippen LogP contribution in [0.25, 0.3) is 0 Å². The second-order valence-electron chi connectivity index (χ2n) is 6.99. The van der Waals surface area contributed by atoms with Gasteiger partial charge in [0.15, 0.2) is 0 Å². The molecule has 4 rings (SSSR count). The van der Waals surface area contributed by atoms with Crippen molar-refractivity contribution < 1.29 is 14.3 Å². The van der Waals surface area contributed by atoms with Gasteiger partial charge in [-0.05, 0) is 25.7 Å². The zero-order valence-corrected chi connectivity index (χ0v) is 14.0. The van der Waals surface area contributed by atoms with E-state index in [0.717, 1.165) is 52.0 Å². The van der Waals surface area contributed by atoms with Crippen LogP contribution in [0.2, 0.25) is 0 Å². The SMILES string of the molecule is O=C(Cn1ccnc1)N1CCC[C@]2(C3=CCOCC3)COCC[C@@H]12. The van der Waals surface area contributed by atoms with Crippen LogP contribution in [0.5, 0.6) is 0 Å². The number of fused-ring (bicyclic) bond motifs is 1. The van der Waals surface area contributed by atoms with Gasteiger partial charge < -0.3 is 18.9 Å². The predicted molar refractivity (Wildman–Crippen MR) is 88.4 cm³/mol. The minimum atomic E-state index is -0.00905. The average Bonchev–Trinajstić information content (AvgIpc) is 3.15. The van der Waals surface area contributed by atoms with Crippen molar-refractivity contribution in [3.05, 3.63) is 30.4 Å². The van der Waals surface area contributed by atoms with Crippen LogP contribution in [0.15, 0.2) is 30.4 Å². The topological polar surface area (TPSA) is 56.6 Å². The quantitative estimate of drug-likeness (QED) is 0.790. The number of carbonyl (C=O) groups is 1. The van der Waals surface area contributed by atoms with Gasteiger partial charge in [0, 0.05) is 37.0 Å². The molecule has 0 radical (unpaired) electrons. The molecule has 0 aliphatic carbocycles. The van der Waals surface area contributed by atoms with Gasteiger partial charge in [-0.2, -0.15) is 0 Å². The van der Waals surface area contributed by atoms with Crippen LogP contribution in [0.4, 0.5) is 0 Å². The van der Waals surface area contributed by atoms with E-state index in [9.17, 15) is 4.79 Å². The van der Waals surface area contributed by atoms with Gasteiger partial charge in [-0.1, -0.05) is 11.6 Å². The van der Waals surface area contributed by atoms with Crippen molar-refractivity contribution in [1.29, 1.82) is 0 Å². The molecule has 1 amide bonds. The largest absolute Gasteiger partial charge is 0.380 e. The molecule has 2 saturated heterocycles. The molecule has 2 fully saturated rings. The van der Waals surface area contributed by atoms with E-state index in [1.54, 1.807) is 12.5 Å². The molecule has 6 heteroatoms. The summed E-state index contributed by atoms with van der Waals surface area (Å²) in [5.74, 6) is 0.191. The Morgan fingerprint density at radius 2 is 2.33 bits per heavy atom. The lowest BCUT2D eigenvalue weighted by molar-refractivity contribution is -0.147. The van der Waals surface area contributed by atoms with E-state index in [2.05, 4.69) is 16.0 Å². The average molecular weight is 331 g/mol. The first kappa shape index (κ1) is 15.8. The third-order valence-electron chi connectivity index (χ3n) is 5.73. The molecule has 0 bridgehead atoms. The molecular formula is C18H25N3O3. The van der Waals surface area contributed by atoms with Crippen LogP contribution in [0.1, 0.15) is 25.7 Å². The number of likely N-dealkylation sites (tertiary alicyclic amines) is 1. The van der Waals surface area contributed by atoms with Crippen molar-refractivity contribution in [2.75, 3.05) is 33.0 Å². The minimum Gasteiger partial charge on any atom is -0.380 e. The molecule has 24 heavy (non-hydrogen) atoms. The summed E-state index contributed by atoms with van der Waals surface area (Å²) < 4.78 is 13.3. The lowest BCUT2D eigenvalue weighted by Crippen LogP contribution is -2.60. The number of nitrogens with zero attached hydrogens (tertiary/aromatic N) is 3. The third-order valence-corrected chi connectivity index (χ3v) is 5.73. The zero-order chi connectivity index (χ0) is 16.4. The van der Waals surface area contributed by atoms with Crippen molar-refractivity contribution in [3.8, 4) is 0 Å². The minimum absolute atomic E-state index is 0.00905. The van der Waals surface area contributed by atoms with Crippen molar-refractivity contribution >= 4 is 5.91 Å². The van der Waals surface area contributed by atoms with Gasteiger partial charge >= 0.3 is 0 Å². The van der Waals surface area contributed by atoms with Gasteiger partial charge in [0.05, 0.1) is 26.1 Å². The molecule has 6 nitrogen and oxygen atoms in total. The lowest BCUT2D eigenvalue weighted by Gasteiger charge is -2.54. The number of carbonyl (C=O) groups excluding carboxylic acids is 1. The van der Waals surface area contributed by atoms with Gasteiger partial charge in [0.1, 0.15) is 6.54 Å². The van der Waals surface area contributed by atoms with E-state index in [0.29, 0.717) is 13.2 Å². The zero-order valence-electron chi connectivity index (χ0n) is 14.0. The summed E-state index contributed by atoms with van der Waals surface area (Å²) in [6.45, 7) is 4.17. The monoisotopic (exact) mass is 331 g/mol. The summed E-state index contributed by atoms with van der Waals surface area (Å²) in [5.41, 5.74) is 1.43. The van der Waals surface area contributed by atoms with E-state index < -0.39 is 0 Å². The van der Waals surface area contributed by atoms with Crippen LogP contribution in [-0.4, -0.2) is 59.4 Å². The second kappa shape index (κ2) is 6.69. The van der Waals surface area contributed by atoms with E-state index in [1.165, 1.54) is 5.57 Å². The summed E-state index contributed by atoms with van der Waals surface area (Å²) >= 11 is 0. The standard InChI is InChI=1S/C18H25N3O3/c22-17(12-20-8-6-19-14-20)21-7-1-5-18(13-24-11-4-16(18)21)15-2-9-23-10-3-15/h2,6,8,14,16H,1,3-5,7,9-13H2/t16-,18-/m1/s1. The maximum atomic E-state index is 12.9. The van der Waals surface area contributed by atoms with Crippen LogP contribution < -0.4 is 0 Å². The van der Waals surface area contributed by atoms with E-state index in [1.807, 2.05) is 10.8 Å². The van der Waals surface area contributed by atoms with E-state index in [4.69, 9.17) is 9.47 Å². The molecule has 1 aromatic rings. The fourth-order valence-electron chi connectivity index (χ4n) is 4.61. The Morgan fingerprint density at radius 1 is 1.38 bits per heavy atom. The van der Waals surface area contributed by atoms with Gasteiger partial charge in [-0.3, -0.25) is 4.79 Å². The number of ether oxygens (including phenoxy) is 2. The molecule has 0 saturated carbocycles. The first-order valence-corrected chi connectivity index (χ1v) is 8.90. The Morgan fingerprint density at radius 3 is 3.12 bits per heavy atom. The molecule has 0 unspecified atom stereocenters. The van der Waals surface area contributed by atoms with E-state index >= 15 is 0 Å². The molecular weight excluding hydrogens is 306 g/mol. The lowest BCUT2D eigenvalue weighted by atomic mass is 9.65. The van der Waals surface area contributed by atoms with Crippen LogP contribution in [0, 0.1) is 5.41 Å². The first-order chi connectivity index (χ1) is 11.8. The third kappa shape index (κ3) is 2.78. The summed E-state index contributed by atoms with van der Waals surface area (Å²) in [4.78, 5) is 19.1. The number of aromatic nitrogens is 2. The normalized spacial score (nSPS) is 30.6. The van der Waals surface area contributed by atoms with Crippen LogP contribution in [-0.2, 0) is 20.8 Å². The van der Waals surface area contributed by atoms with Gasteiger partial charge in [-0.25, -0.2) is 4.98 Å². The highest BCUT2D eigenvalue weighted by Crippen LogP contribution is 2.47. The van der Waals surface area contributed by atoms with Crippen LogP contribution >= 0.6 is 0 Å². The Balaban J connectivity index is 1.59. The molecule has 4 heterocycles. The Bertz CT molecular complexity index is 609. The Labute approximate surface area is 142 Å². The molecule has 0 N–H and O–H groups in total. The molecule has 0 spiro atoms. The predicted octanol–water partition coefficient (Wildman–Crippen LogP) is 1.63. The Kier molecular flexibility index (Phi) is 4.41. The number of hydrogen-bond acceptors (Lipinski definition) is 4. The summed E-state index contributed by atoms with van der Waals surface area (Å²) in [7, 11) is 0. The van der Waals surface area contributed by atoms with Crippen molar-refractivity contribution in [1.82, 2.24) is 14.5 Å². The van der Waals surface area contributed by atoms with Gasteiger partial charge in [-0.15, -0.1) is 0 Å². The van der Waals surface area contributed by atoms with Gasteiger partial charge in [0.2, 0.25) is 5.91 Å². The molecule has 2 atom stereocenters. The number of piperidine rings is 1. The first-order valence-electron chi connectivity index (χ1n) is 8.90. The molecule has 3 aliphatic rings. The maximum Gasteiger partial charge on any atom is 0.242 e. The maximum absolute atomic E-state index is 12.9. The Hall–Kier alpha value is -1.66. The fourth-order valence-corrected chi connectivity index (χ4v) is 4.61. The second-order valence-corrected chi connectivity index (χ2v) is 6.99. The van der Waals surface area contributed by atoms with E-state index in [-0.39, 0.29) is 17.4 Å². The number of imidazole rings is 1. The van der Waals surface area contributed by atoms with Crippen LogP contribution in [0.3, 0.4) is 0 Å². The summed E-state index contributed by atoms with van der Waals surface area (Å²) in [5, 5.41) is 0. The van der Waals surface area contributed by atoms with Crippen molar-refractivity contribution in [2.45, 2.75) is 38.3 Å². The molecule has 3 aliphatic heterocycles. The highest BCUT2D eigenvalue weighted by atomic mass is 16.5. The highest BCUT2D eigenvalue weighted by molar-refractivity contribution is 5.76.